The molecule has 0 amide bonds. The quantitative estimate of drug-likeness (QED) is 0.275. The molecule has 1 nitrogen and oxygen atoms in total. The van der Waals surface area contributed by atoms with Crippen molar-refractivity contribution in [3.05, 3.63) is 114 Å². The van der Waals surface area contributed by atoms with E-state index in [1.54, 1.807) is 0 Å². The Morgan fingerprint density at radius 2 is 1.00 bits per heavy atom. The highest BCUT2D eigenvalue weighted by Crippen LogP contribution is 2.42. The van der Waals surface area contributed by atoms with Crippen LogP contribution in [0.25, 0.3) is 44.9 Å². The Morgan fingerprint density at radius 1 is 0.484 bits per heavy atom. The molecular formula is C30H25O+. The first kappa shape index (κ1) is 19.3. The van der Waals surface area contributed by atoms with Gasteiger partial charge in [-0.1, -0.05) is 66.2 Å². The summed E-state index contributed by atoms with van der Waals surface area (Å²) in [6.45, 7) is 6.58. The van der Waals surface area contributed by atoms with Gasteiger partial charge < -0.3 is 0 Å². The highest BCUT2D eigenvalue weighted by molar-refractivity contribution is 5.91. The highest BCUT2D eigenvalue weighted by Gasteiger charge is 2.23. The maximum atomic E-state index is 6.39. The Bertz CT molecular complexity index is 1280. The minimum Gasteiger partial charge on any atom is -0.207 e. The van der Waals surface area contributed by atoms with Crippen LogP contribution in [0.5, 0.6) is 0 Å². The molecular weight excluding hydrogens is 376 g/mol. The molecule has 31 heavy (non-hydrogen) atoms. The van der Waals surface area contributed by atoms with Crippen molar-refractivity contribution in [2.75, 3.05) is 0 Å². The number of benzene rings is 2. The average Bonchev–Trinajstić information content (AvgIpc) is 3.21. The van der Waals surface area contributed by atoms with Crippen LogP contribution in [-0.2, 0) is 0 Å². The molecule has 0 bridgehead atoms. The van der Waals surface area contributed by atoms with Gasteiger partial charge in [-0.15, -0.1) is 0 Å². The Kier molecular flexibility index (Phi) is 4.88. The Labute approximate surface area is 184 Å². The predicted molar refractivity (Wildman–Crippen MR) is 130 cm³/mol. The second-order valence-corrected chi connectivity index (χ2v) is 8.24. The van der Waals surface area contributed by atoms with Crippen molar-refractivity contribution in [3.63, 3.8) is 0 Å². The normalized spacial score (nSPS) is 11.1. The number of fused-ring (bicyclic) bond motifs is 1. The first-order chi connectivity index (χ1) is 15.1. The fraction of sp³-hybridized carbons (Fsp3) is 0.100. The topological polar surface area (TPSA) is 11.3 Å². The fourth-order valence-electron chi connectivity index (χ4n) is 4.49. The van der Waals surface area contributed by atoms with E-state index in [4.69, 9.17) is 4.42 Å². The number of hydrogen-bond acceptors (Lipinski definition) is 0. The highest BCUT2D eigenvalue weighted by atomic mass is 16.3. The van der Waals surface area contributed by atoms with E-state index in [1.807, 2.05) is 36.4 Å². The van der Waals surface area contributed by atoms with Crippen molar-refractivity contribution in [2.24, 2.45) is 0 Å². The third-order valence-electron chi connectivity index (χ3n) is 5.88. The minimum absolute atomic E-state index is 0.872. The molecule has 0 N–H and O–H groups in total. The van der Waals surface area contributed by atoms with Crippen molar-refractivity contribution < 1.29 is 4.42 Å². The third-order valence-corrected chi connectivity index (χ3v) is 5.88. The molecule has 2 aliphatic rings. The van der Waals surface area contributed by atoms with Gasteiger partial charge in [0.2, 0.25) is 0 Å². The van der Waals surface area contributed by atoms with E-state index in [0.29, 0.717) is 0 Å². The van der Waals surface area contributed by atoms with Gasteiger partial charge in [0.25, 0.3) is 0 Å². The standard InChI is InChI=1S/C30H25O/c1-20-16-21(2)26-14-15-27(30(26)22(3)17-20)25-18-28(23-10-6-4-7-11-23)31-29(19-25)24-12-8-5-9-13-24/h4-19H,1-3H3/q+1. The van der Waals surface area contributed by atoms with E-state index in [2.05, 4.69) is 81.4 Å². The van der Waals surface area contributed by atoms with E-state index >= 15 is 0 Å². The second-order valence-electron chi connectivity index (χ2n) is 8.24. The van der Waals surface area contributed by atoms with E-state index in [0.717, 1.165) is 22.6 Å². The number of hydrogen-bond donors (Lipinski definition) is 0. The Balaban J connectivity index is 1.78. The summed E-state index contributed by atoms with van der Waals surface area (Å²) >= 11 is 0. The molecule has 0 radical (unpaired) electrons. The summed E-state index contributed by atoms with van der Waals surface area (Å²) in [5.74, 6) is 1.74. The summed E-state index contributed by atoms with van der Waals surface area (Å²) in [5.41, 5.74) is 11.1. The van der Waals surface area contributed by atoms with Crippen LogP contribution in [0.15, 0.2) is 101 Å². The van der Waals surface area contributed by atoms with Crippen LogP contribution >= 0.6 is 0 Å². The van der Waals surface area contributed by atoms with Crippen molar-refractivity contribution in [3.8, 4) is 44.9 Å². The Hall–Kier alpha value is -3.71. The zero-order valence-electron chi connectivity index (χ0n) is 18.1. The van der Waals surface area contributed by atoms with Crippen LogP contribution in [0.4, 0.5) is 0 Å². The third kappa shape index (κ3) is 3.64. The van der Waals surface area contributed by atoms with Gasteiger partial charge in [0, 0.05) is 5.56 Å². The van der Waals surface area contributed by atoms with Gasteiger partial charge in [0.15, 0.2) is 0 Å². The Morgan fingerprint density at radius 3 is 1.58 bits per heavy atom. The van der Waals surface area contributed by atoms with Gasteiger partial charge in [-0.05, 0) is 72.9 Å². The summed E-state index contributed by atoms with van der Waals surface area (Å²) in [7, 11) is 0. The van der Waals surface area contributed by atoms with Crippen LogP contribution < -0.4 is 0 Å². The molecule has 2 aromatic carbocycles. The molecule has 1 heteroatoms. The van der Waals surface area contributed by atoms with Gasteiger partial charge in [-0.2, -0.15) is 0 Å². The van der Waals surface area contributed by atoms with E-state index in [9.17, 15) is 0 Å². The molecule has 0 saturated carbocycles. The lowest BCUT2D eigenvalue weighted by Gasteiger charge is -2.07. The minimum atomic E-state index is 0.872. The molecule has 5 rings (SSSR count). The summed E-state index contributed by atoms with van der Waals surface area (Å²) in [6, 6.07) is 34.0. The van der Waals surface area contributed by atoms with Gasteiger partial charge in [-0.3, -0.25) is 0 Å². The van der Waals surface area contributed by atoms with Gasteiger partial charge in [0.05, 0.1) is 23.3 Å². The SMILES string of the molecule is Cc1cc(C)c2ccc(-c3cc(-c4ccccc4)[o+]c(-c4ccccc4)c3)c-2c(C)c1. The number of rotatable bonds is 3. The zero-order valence-corrected chi connectivity index (χ0v) is 18.1. The van der Waals surface area contributed by atoms with Gasteiger partial charge in [-0.25, -0.2) is 4.42 Å². The maximum Gasteiger partial charge on any atom is 0.361 e. The van der Waals surface area contributed by atoms with E-state index in [1.165, 1.54) is 38.9 Å². The predicted octanol–water partition coefficient (Wildman–Crippen LogP) is 8.59. The second kappa shape index (κ2) is 7.85. The van der Waals surface area contributed by atoms with Crippen LogP contribution in [0.2, 0.25) is 0 Å². The largest absolute Gasteiger partial charge is 0.361 e. The van der Waals surface area contributed by atoms with E-state index in [-0.39, 0.29) is 0 Å². The molecule has 1 aromatic heterocycles. The molecule has 0 fully saturated rings. The van der Waals surface area contributed by atoms with Gasteiger partial charge in [0.1, 0.15) is 0 Å². The molecule has 150 valence electrons. The maximum absolute atomic E-state index is 6.39. The molecule has 0 saturated heterocycles. The lowest BCUT2D eigenvalue weighted by molar-refractivity contribution is 0.582. The molecule has 1 heterocycles. The number of aryl methyl sites for hydroxylation is 3. The summed E-state index contributed by atoms with van der Waals surface area (Å²) in [6.07, 6.45) is 0. The summed E-state index contributed by atoms with van der Waals surface area (Å²) < 4.78 is 6.39. The molecule has 2 aliphatic carbocycles. The van der Waals surface area contributed by atoms with Gasteiger partial charge >= 0.3 is 11.5 Å². The summed E-state index contributed by atoms with van der Waals surface area (Å²) in [5, 5.41) is 0. The first-order valence-electron chi connectivity index (χ1n) is 10.7. The van der Waals surface area contributed by atoms with Crippen LogP contribution in [-0.4, -0.2) is 0 Å². The van der Waals surface area contributed by atoms with E-state index < -0.39 is 0 Å². The fourth-order valence-corrected chi connectivity index (χ4v) is 4.49. The van der Waals surface area contributed by atoms with Crippen LogP contribution in [0, 0.1) is 20.8 Å². The molecule has 3 aromatic rings. The zero-order chi connectivity index (χ0) is 21.4. The summed E-state index contributed by atoms with van der Waals surface area (Å²) in [4.78, 5) is 0. The molecule has 0 spiro atoms. The van der Waals surface area contributed by atoms with Crippen molar-refractivity contribution in [1.82, 2.24) is 0 Å². The lowest BCUT2D eigenvalue weighted by Crippen LogP contribution is -1.87. The monoisotopic (exact) mass is 401 g/mol. The first-order valence-corrected chi connectivity index (χ1v) is 10.7. The molecule has 0 atom stereocenters. The molecule has 0 unspecified atom stereocenters. The smallest absolute Gasteiger partial charge is 0.207 e. The van der Waals surface area contributed by atoms with Crippen molar-refractivity contribution in [2.45, 2.75) is 20.8 Å². The lowest BCUT2D eigenvalue weighted by atomic mass is 9.96. The van der Waals surface area contributed by atoms with Crippen LogP contribution in [0.1, 0.15) is 16.7 Å². The van der Waals surface area contributed by atoms with Crippen molar-refractivity contribution >= 4 is 0 Å². The molecule has 0 aliphatic heterocycles. The average molecular weight is 402 g/mol. The van der Waals surface area contributed by atoms with Crippen LogP contribution in [0.3, 0.4) is 0 Å². The van der Waals surface area contributed by atoms with Crippen molar-refractivity contribution in [1.29, 1.82) is 0 Å².